The molecular weight excluding hydrogens is 334 g/mol. The summed E-state index contributed by atoms with van der Waals surface area (Å²) >= 11 is 0. The predicted molar refractivity (Wildman–Crippen MR) is 113 cm³/mol. The average molecular weight is 359 g/mol. The molecule has 3 aliphatic rings. The van der Waals surface area contributed by atoms with Crippen molar-refractivity contribution >= 4 is 17.6 Å². The summed E-state index contributed by atoms with van der Waals surface area (Å²) in [6.45, 7) is 11.3. The highest BCUT2D eigenvalue weighted by Gasteiger charge is 2.27. The van der Waals surface area contributed by atoms with Gasteiger partial charge in [-0.15, -0.1) is 0 Å². The van der Waals surface area contributed by atoms with Gasteiger partial charge in [0.1, 0.15) is 5.84 Å². The minimum atomic E-state index is 0.710. The summed E-state index contributed by atoms with van der Waals surface area (Å²) in [4.78, 5) is 11.2. The maximum atomic E-state index is 4.96. The van der Waals surface area contributed by atoms with Crippen LogP contribution in [0.1, 0.15) is 23.2 Å². The zero-order valence-corrected chi connectivity index (χ0v) is 16.2. The monoisotopic (exact) mass is 359 g/mol. The molecule has 1 aromatic heterocycles. The lowest BCUT2D eigenvalue weighted by Gasteiger charge is -2.30. The first-order valence-electron chi connectivity index (χ1n) is 9.20. The normalized spacial score (nSPS) is 18.6. The molecule has 2 aliphatic heterocycles. The van der Waals surface area contributed by atoms with Gasteiger partial charge in [-0.1, -0.05) is 19.2 Å². The Balaban J connectivity index is 1.71. The molecule has 5 nitrogen and oxygen atoms in total. The van der Waals surface area contributed by atoms with Crippen LogP contribution >= 0.6 is 0 Å². The van der Waals surface area contributed by atoms with Crippen molar-refractivity contribution in [2.24, 2.45) is 17.0 Å². The van der Waals surface area contributed by atoms with Gasteiger partial charge in [0.25, 0.3) is 0 Å². The highest BCUT2D eigenvalue weighted by molar-refractivity contribution is 6.24. The van der Waals surface area contributed by atoms with E-state index in [0.717, 1.165) is 41.5 Å². The minimum absolute atomic E-state index is 0.710. The van der Waals surface area contributed by atoms with E-state index in [0.29, 0.717) is 6.54 Å². The number of amidine groups is 1. The molecule has 0 amide bonds. The van der Waals surface area contributed by atoms with Crippen molar-refractivity contribution in [3.8, 4) is 0 Å². The first-order valence-corrected chi connectivity index (χ1v) is 9.20. The van der Waals surface area contributed by atoms with Gasteiger partial charge in [0.15, 0.2) is 0 Å². The fourth-order valence-corrected chi connectivity index (χ4v) is 3.85. The summed E-state index contributed by atoms with van der Waals surface area (Å²) < 4.78 is 2.24. The molecular formula is C22H25N5. The van der Waals surface area contributed by atoms with E-state index < -0.39 is 0 Å². The van der Waals surface area contributed by atoms with Crippen LogP contribution in [0.2, 0.25) is 0 Å². The number of aryl methyl sites for hydroxylation is 2. The molecule has 138 valence electrons. The Labute approximate surface area is 160 Å². The highest BCUT2D eigenvalue weighted by atomic mass is 15.2. The van der Waals surface area contributed by atoms with Crippen LogP contribution < -0.4 is 5.32 Å². The van der Waals surface area contributed by atoms with Crippen molar-refractivity contribution < 1.29 is 0 Å². The fourth-order valence-electron chi connectivity index (χ4n) is 3.85. The summed E-state index contributed by atoms with van der Waals surface area (Å²) in [6, 6.07) is 0. The number of aromatic nitrogens is 1. The van der Waals surface area contributed by atoms with Crippen molar-refractivity contribution in [1.29, 1.82) is 0 Å². The summed E-state index contributed by atoms with van der Waals surface area (Å²) in [6.07, 6.45) is 12.4. The van der Waals surface area contributed by atoms with E-state index in [2.05, 4.69) is 59.2 Å². The average Bonchev–Trinajstić information content (AvgIpc) is 3.25. The van der Waals surface area contributed by atoms with Crippen LogP contribution in [0, 0.1) is 6.92 Å². The van der Waals surface area contributed by atoms with Gasteiger partial charge in [0.05, 0.1) is 23.6 Å². The number of nitrogens with one attached hydrogen (secondary N) is 1. The molecule has 0 fully saturated rings. The van der Waals surface area contributed by atoms with Gasteiger partial charge in [-0.05, 0) is 37.5 Å². The third-order valence-electron chi connectivity index (χ3n) is 5.27. The van der Waals surface area contributed by atoms with E-state index >= 15 is 0 Å². The van der Waals surface area contributed by atoms with E-state index in [1.165, 1.54) is 22.4 Å². The maximum Gasteiger partial charge on any atom is 0.141 e. The smallest absolute Gasteiger partial charge is 0.141 e. The zero-order chi connectivity index (χ0) is 19.1. The second-order valence-electron chi connectivity index (χ2n) is 7.17. The number of fused-ring (bicyclic) bond motifs is 1. The summed E-state index contributed by atoms with van der Waals surface area (Å²) in [5.41, 5.74) is 8.53. The van der Waals surface area contributed by atoms with Crippen LogP contribution in [-0.4, -0.2) is 35.1 Å². The quantitative estimate of drug-likeness (QED) is 0.895. The maximum absolute atomic E-state index is 4.96. The molecule has 0 bridgehead atoms. The molecule has 0 aromatic carbocycles. The Bertz CT molecular complexity index is 994. The lowest BCUT2D eigenvalue weighted by atomic mass is 9.92. The van der Waals surface area contributed by atoms with E-state index in [4.69, 9.17) is 4.99 Å². The molecule has 3 heterocycles. The standard InChI is InChI=1S/C22H25N5/c1-14-13-26(4)20-8-6-7-18(21(14)20)22-25-19(11-15(2)27(22)5)16(3)24-17-9-10-23-12-17/h7,9,11-13,24H,2-3,6,8,10H2,1,4-5H3. The number of likely N-dealkylation sites (N-methyl/N-ethyl adjacent to an activating group) is 1. The number of rotatable bonds is 4. The third kappa shape index (κ3) is 2.99. The van der Waals surface area contributed by atoms with E-state index in [1.807, 2.05) is 25.4 Å². The Morgan fingerprint density at radius 3 is 2.81 bits per heavy atom. The topological polar surface area (TPSA) is 44.9 Å². The summed E-state index contributed by atoms with van der Waals surface area (Å²) in [5, 5.41) is 3.30. The second kappa shape index (κ2) is 6.58. The van der Waals surface area contributed by atoms with Gasteiger partial charge in [-0.25, -0.2) is 4.99 Å². The number of hydrogen-bond donors (Lipinski definition) is 1. The molecule has 0 saturated carbocycles. The number of hydrogen-bond acceptors (Lipinski definition) is 4. The number of nitrogens with zero attached hydrogens (tertiary/aromatic N) is 4. The first kappa shape index (κ1) is 17.3. The van der Waals surface area contributed by atoms with Crippen LogP contribution in [0.5, 0.6) is 0 Å². The molecule has 0 saturated heterocycles. The van der Waals surface area contributed by atoms with Crippen molar-refractivity contribution in [1.82, 2.24) is 14.8 Å². The van der Waals surface area contributed by atoms with E-state index in [9.17, 15) is 0 Å². The Kier molecular flexibility index (Phi) is 4.22. The molecule has 1 aliphatic carbocycles. The minimum Gasteiger partial charge on any atom is -0.354 e. The summed E-state index contributed by atoms with van der Waals surface area (Å²) in [7, 11) is 4.14. The van der Waals surface area contributed by atoms with Gasteiger partial charge in [0, 0.05) is 49.0 Å². The number of aliphatic imine (C=N–C) groups is 2. The molecule has 1 aromatic rings. The van der Waals surface area contributed by atoms with Crippen LogP contribution in [0.3, 0.4) is 0 Å². The third-order valence-corrected chi connectivity index (χ3v) is 5.27. The molecule has 5 heteroatoms. The van der Waals surface area contributed by atoms with Gasteiger partial charge in [-0.3, -0.25) is 4.99 Å². The van der Waals surface area contributed by atoms with Crippen LogP contribution in [0.15, 0.2) is 70.4 Å². The van der Waals surface area contributed by atoms with Crippen molar-refractivity contribution in [3.63, 3.8) is 0 Å². The zero-order valence-electron chi connectivity index (χ0n) is 16.2. The first-order chi connectivity index (χ1) is 13.0. The molecule has 0 unspecified atom stereocenters. The Morgan fingerprint density at radius 2 is 2.07 bits per heavy atom. The SMILES string of the molecule is C=C(NC1=CCN=C1)C1=CC(=C)N(C)C(C2=CCCc3c2c(C)cn3C)=N1. The van der Waals surface area contributed by atoms with Crippen molar-refractivity contribution in [3.05, 3.63) is 77.2 Å². The van der Waals surface area contributed by atoms with E-state index in [1.54, 1.807) is 0 Å². The highest BCUT2D eigenvalue weighted by Crippen LogP contribution is 2.34. The molecule has 1 N–H and O–H groups in total. The van der Waals surface area contributed by atoms with Crippen molar-refractivity contribution in [2.75, 3.05) is 13.6 Å². The lowest BCUT2D eigenvalue weighted by Crippen LogP contribution is -2.31. The largest absolute Gasteiger partial charge is 0.354 e. The second-order valence-corrected chi connectivity index (χ2v) is 7.17. The van der Waals surface area contributed by atoms with Crippen LogP contribution in [0.4, 0.5) is 0 Å². The summed E-state index contributed by atoms with van der Waals surface area (Å²) in [5.74, 6) is 0.921. The molecule has 27 heavy (non-hydrogen) atoms. The van der Waals surface area contributed by atoms with Gasteiger partial charge < -0.3 is 14.8 Å². The predicted octanol–water partition coefficient (Wildman–Crippen LogP) is 3.48. The molecule has 0 atom stereocenters. The number of allylic oxidation sites excluding steroid dienone is 3. The van der Waals surface area contributed by atoms with Crippen molar-refractivity contribution in [2.45, 2.75) is 19.8 Å². The lowest BCUT2D eigenvalue weighted by molar-refractivity contribution is 0.643. The van der Waals surface area contributed by atoms with Crippen LogP contribution in [0.25, 0.3) is 5.57 Å². The molecule has 4 rings (SSSR count). The molecule has 0 spiro atoms. The van der Waals surface area contributed by atoms with Crippen LogP contribution in [-0.2, 0) is 13.5 Å². The van der Waals surface area contributed by atoms with E-state index in [-0.39, 0.29) is 0 Å². The van der Waals surface area contributed by atoms with Gasteiger partial charge >= 0.3 is 0 Å². The molecule has 0 radical (unpaired) electrons. The Hall–Kier alpha value is -3.08. The van der Waals surface area contributed by atoms with Gasteiger partial charge in [0.2, 0.25) is 0 Å². The Morgan fingerprint density at radius 1 is 1.26 bits per heavy atom. The fraction of sp³-hybridized carbons (Fsp3) is 0.273. The van der Waals surface area contributed by atoms with Gasteiger partial charge in [-0.2, -0.15) is 0 Å².